The quantitative estimate of drug-likeness (QED) is 0.0261. The van der Waals surface area contributed by atoms with E-state index < -0.39 is 6.10 Å². The molecule has 0 saturated heterocycles. The lowest BCUT2D eigenvalue weighted by Crippen LogP contribution is -2.30. The molecule has 0 aromatic heterocycles. The maximum absolute atomic E-state index is 12.9. The van der Waals surface area contributed by atoms with Crippen LogP contribution in [0.15, 0.2) is 122 Å². The number of ether oxygens (including phenoxy) is 3. The number of hydrogen-bond donors (Lipinski definition) is 0. The van der Waals surface area contributed by atoms with E-state index >= 15 is 0 Å². The van der Waals surface area contributed by atoms with Crippen LogP contribution >= 0.6 is 0 Å². The second-order valence-electron chi connectivity index (χ2n) is 22.3. The Morgan fingerprint density at radius 2 is 0.481 bits per heavy atom. The summed E-state index contributed by atoms with van der Waals surface area (Å²) < 4.78 is 17.0. The lowest BCUT2D eigenvalue weighted by molar-refractivity contribution is -0.167. The fourth-order valence-electron chi connectivity index (χ4n) is 9.33. The molecule has 0 aromatic rings. The van der Waals surface area contributed by atoms with Crippen LogP contribution in [0.3, 0.4) is 0 Å². The molecule has 81 heavy (non-hydrogen) atoms. The Labute approximate surface area is 501 Å². The molecule has 0 aliphatic heterocycles. The van der Waals surface area contributed by atoms with Gasteiger partial charge in [0.15, 0.2) is 6.10 Å². The Bertz CT molecular complexity index is 1670. The molecule has 0 saturated carbocycles. The van der Waals surface area contributed by atoms with Crippen molar-refractivity contribution in [2.75, 3.05) is 13.2 Å². The van der Waals surface area contributed by atoms with Gasteiger partial charge < -0.3 is 14.2 Å². The fourth-order valence-corrected chi connectivity index (χ4v) is 9.33. The number of carbonyl (C=O) groups excluding carboxylic acids is 3. The highest BCUT2D eigenvalue weighted by Gasteiger charge is 2.19. The van der Waals surface area contributed by atoms with Gasteiger partial charge in [-0.2, -0.15) is 0 Å². The highest BCUT2D eigenvalue weighted by atomic mass is 16.6. The van der Waals surface area contributed by atoms with Gasteiger partial charge in [-0.1, -0.05) is 284 Å². The molecule has 6 heteroatoms. The summed E-state index contributed by atoms with van der Waals surface area (Å²) in [7, 11) is 0. The van der Waals surface area contributed by atoms with Crippen molar-refractivity contribution in [2.45, 2.75) is 322 Å². The molecule has 0 rings (SSSR count). The van der Waals surface area contributed by atoms with Gasteiger partial charge in [-0.3, -0.25) is 14.4 Å². The van der Waals surface area contributed by atoms with Gasteiger partial charge in [-0.05, 0) is 135 Å². The zero-order chi connectivity index (χ0) is 58.5. The van der Waals surface area contributed by atoms with E-state index in [4.69, 9.17) is 14.2 Å². The molecule has 0 amide bonds. The molecule has 0 fully saturated rings. The lowest BCUT2D eigenvalue weighted by Gasteiger charge is -2.18. The van der Waals surface area contributed by atoms with Gasteiger partial charge in [0, 0.05) is 19.3 Å². The van der Waals surface area contributed by atoms with Gasteiger partial charge in [0.25, 0.3) is 0 Å². The Morgan fingerprint density at radius 1 is 0.259 bits per heavy atom. The molecular formula is C75H126O6. The Morgan fingerprint density at radius 3 is 0.790 bits per heavy atom. The van der Waals surface area contributed by atoms with Crippen molar-refractivity contribution in [3.8, 4) is 0 Å². The lowest BCUT2D eigenvalue weighted by atomic mass is 10.1. The third kappa shape index (κ3) is 66.5. The van der Waals surface area contributed by atoms with Crippen LogP contribution < -0.4 is 0 Å². The maximum atomic E-state index is 12.9. The summed E-state index contributed by atoms with van der Waals surface area (Å²) >= 11 is 0. The van der Waals surface area contributed by atoms with Crippen molar-refractivity contribution in [2.24, 2.45) is 0 Å². The van der Waals surface area contributed by atoms with Crippen molar-refractivity contribution in [3.05, 3.63) is 122 Å². The van der Waals surface area contributed by atoms with Gasteiger partial charge in [0.1, 0.15) is 13.2 Å². The summed E-state index contributed by atoms with van der Waals surface area (Å²) in [6, 6.07) is 0. The minimum atomic E-state index is -0.795. The van der Waals surface area contributed by atoms with E-state index in [1.165, 1.54) is 148 Å². The van der Waals surface area contributed by atoms with E-state index in [0.717, 1.165) is 128 Å². The number of hydrogen-bond acceptors (Lipinski definition) is 6. The number of carbonyl (C=O) groups is 3. The second kappa shape index (κ2) is 68.3. The van der Waals surface area contributed by atoms with Gasteiger partial charge in [-0.25, -0.2) is 0 Å². The summed E-state index contributed by atoms with van der Waals surface area (Å²) in [5.74, 6) is -0.906. The van der Waals surface area contributed by atoms with E-state index in [-0.39, 0.29) is 31.1 Å². The second-order valence-corrected chi connectivity index (χ2v) is 22.3. The summed E-state index contributed by atoms with van der Waals surface area (Å²) in [6.07, 6.45) is 94.8. The van der Waals surface area contributed by atoms with E-state index in [1.54, 1.807) is 0 Å². The molecule has 0 bridgehead atoms. The van der Waals surface area contributed by atoms with Crippen LogP contribution in [-0.4, -0.2) is 37.2 Å². The normalized spacial score (nSPS) is 12.9. The summed E-state index contributed by atoms with van der Waals surface area (Å²) in [5, 5.41) is 0. The first-order valence-electron chi connectivity index (χ1n) is 34.0. The highest BCUT2D eigenvalue weighted by Crippen LogP contribution is 2.16. The Hall–Kier alpha value is -4.19. The predicted molar refractivity (Wildman–Crippen MR) is 353 cm³/mol. The van der Waals surface area contributed by atoms with E-state index in [9.17, 15) is 14.4 Å². The first kappa shape index (κ1) is 76.8. The molecule has 0 aromatic carbocycles. The van der Waals surface area contributed by atoms with Crippen LogP contribution in [0.5, 0.6) is 0 Å². The molecule has 0 aliphatic carbocycles. The highest BCUT2D eigenvalue weighted by molar-refractivity contribution is 5.71. The van der Waals surface area contributed by atoms with Gasteiger partial charge in [0.2, 0.25) is 0 Å². The maximum Gasteiger partial charge on any atom is 0.306 e. The first-order valence-corrected chi connectivity index (χ1v) is 34.0. The zero-order valence-electron chi connectivity index (χ0n) is 53.0. The van der Waals surface area contributed by atoms with E-state index in [0.29, 0.717) is 19.3 Å². The monoisotopic (exact) mass is 1120 g/mol. The zero-order valence-corrected chi connectivity index (χ0v) is 53.0. The molecule has 6 nitrogen and oxygen atoms in total. The molecule has 462 valence electrons. The van der Waals surface area contributed by atoms with Crippen LogP contribution in [0.1, 0.15) is 316 Å². The number of allylic oxidation sites excluding steroid dienone is 20. The molecule has 0 radical (unpaired) electrons. The first-order chi connectivity index (χ1) is 40.0. The Kier molecular flexibility index (Phi) is 64.8. The third-order valence-electron chi connectivity index (χ3n) is 14.4. The molecular weight excluding hydrogens is 997 g/mol. The SMILES string of the molecule is CC/C=C\C/C=C\C/C=C\C/C=C\C/C=C\C/C=C\CCCCCCCCCCC(=O)OCC(COC(=O)CCCCCCCCC/C=C\CCCCCCCC)OC(=O)CCCCCCCC/C=C\C/C=C\C/C=C\CCCCC. The van der Waals surface area contributed by atoms with Crippen molar-refractivity contribution >= 4 is 17.9 Å². The minimum absolute atomic E-state index is 0.0894. The van der Waals surface area contributed by atoms with Crippen molar-refractivity contribution < 1.29 is 28.6 Å². The summed E-state index contributed by atoms with van der Waals surface area (Å²) in [5.41, 5.74) is 0. The number of rotatable bonds is 61. The van der Waals surface area contributed by atoms with Crippen LogP contribution in [-0.2, 0) is 28.6 Å². The topological polar surface area (TPSA) is 78.9 Å². The van der Waals surface area contributed by atoms with Crippen LogP contribution in [0.25, 0.3) is 0 Å². The predicted octanol–water partition coefficient (Wildman–Crippen LogP) is 23.6. The van der Waals surface area contributed by atoms with Crippen LogP contribution in [0.4, 0.5) is 0 Å². The summed E-state index contributed by atoms with van der Waals surface area (Å²) in [4.78, 5) is 38.4. The largest absolute Gasteiger partial charge is 0.462 e. The van der Waals surface area contributed by atoms with Crippen molar-refractivity contribution in [1.29, 1.82) is 0 Å². The average molecular weight is 1120 g/mol. The van der Waals surface area contributed by atoms with Gasteiger partial charge >= 0.3 is 17.9 Å². The number of unbranched alkanes of at least 4 members (excludes halogenated alkanes) is 30. The number of esters is 3. The smallest absolute Gasteiger partial charge is 0.306 e. The Balaban J connectivity index is 4.41. The van der Waals surface area contributed by atoms with Crippen molar-refractivity contribution in [3.63, 3.8) is 0 Å². The van der Waals surface area contributed by atoms with Gasteiger partial charge in [-0.15, -0.1) is 0 Å². The molecule has 1 unspecified atom stereocenters. The molecule has 0 aliphatic rings. The van der Waals surface area contributed by atoms with E-state index in [2.05, 4.69) is 142 Å². The molecule has 0 heterocycles. The fraction of sp³-hybridized carbons (Fsp3) is 0.693. The van der Waals surface area contributed by atoms with Crippen LogP contribution in [0, 0.1) is 0 Å². The van der Waals surface area contributed by atoms with E-state index in [1.807, 2.05) is 0 Å². The molecule has 1 atom stereocenters. The van der Waals surface area contributed by atoms with Crippen molar-refractivity contribution in [1.82, 2.24) is 0 Å². The minimum Gasteiger partial charge on any atom is -0.462 e. The van der Waals surface area contributed by atoms with Crippen LogP contribution in [0.2, 0.25) is 0 Å². The molecule has 0 spiro atoms. The third-order valence-corrected chi connectivity index (χ3v) is 14.4. The standard InChI is InChI=1S/C75H126O6/c1-4-7-10-13-16-19-22-25-28-31-33-34-35-36-37-38-39-40-42-44-47-50-53-56-59-62-65-68-74(77)80-71-72(70-79-73(76)67-64-61-58-55-52-49-46-43-30-27-24-21-18-15-12-9-6-3)81-75(78)69-66-63-60-57-54-51-48-45-41-32-29-26-23-20-17-14-11-8-5-2/h7,10,16-17,19-20,25-30,33-34,36-37,39-41,45,72H,4-6,8-9,11-15,18,21-24,31-32,35,38,42-44,46-71H2,1-3H3/b10-7-,19-16-,20-17-,28-25-,29-26-,30-27-,34-33-,37-36-,40-39-,45-41-. The average Bonchev–Trinajstić information content (AvgIpc) is 3.47. The van der Waals surface area contributed by atoms with Gasteiger partial charge in [0.05, 0.1) is 0 Å². The molecule has 0 N–H and O–H groups in total. The summed E-state index contributed by atoms with van der Waals surface area (Å²) in [6.45, 7) is 6.50.